The van der Waals surface area contributed by atoms with Crippen molar-refractivity contribution in [1.29, 1.82) is 0 Å². The molecule has 0 saturated carbocycles. The van der Waals surface area contributed by atoms with Crippen LogP contribution in [-0.2, 0) is 0 Å². The number of carboxylic acids is 1. The molecule has 0 amide bonds. The number of aromatic carboxylic acids is 1. The van der Waals surface area contributed by atoms with Crippen molar-refractivity contribution >= 4 is 5.97 Å². The summed E-state index contributed by atoms with van der Waals surface area (Å²) in [4.78, 5) is 17.2. The average molecular weight is 223 g/mol. The van der Waals surface area contributed by atoms with Gasteiger partial charge in [0.1, 0.15) is 5.69 Å². The molecule has 2 rings (SSSR count). The van der Waals surface area contributed by atoms with Crippen LogP contribution in [-0.4, -0.2) is 45.7 Å². The van der Waals surface area contributed by atoms with Gasteiger partial charge in [0, 0.05) is 6.04 Å². The minimum absolute atomic E-state index is 0.276. The van der Waals surface area contributed by atoms with Crippen LogP contribution in [0.4, 0.5) is 0 Å². The van der Waals surface area contributed by atoms with Crippen LogP contribution >= 0.6 is 0 Å². The summed E-state index contributed by atoms with van der Waals surface area (Å²) >= 11 is 0. The van der Waals surface area contributed by atoms with Crippen molar-refractivity contribution in [3.63, 3.8) is 0 Å². The lowest BCUT2D eigenvalue weighted by Gasteiger charge is -2.17. The normalized spacial score (nSPS) is 22.9. The Kier molecular flexibility index (Phi) is 3.24. The number of likely N-dealkylation sites (tertiary alicyclic amines) is 1. The second kappa shape index (κ2) is 4.65. The van der Waals surface area contributed by atoms with E-state index in [2.05, 4.69) is 16.9 Å². The van der Waals surface area contributed by atoms with Gasteiger partial charge in [-0.25, -0.2) is 9.78 Å². The fourth-order valence-corrected chi connectivity index (χ4v) is 2.26. The van der Waals surface area contributed by atoms with Crippen molar-refractivity contribution < 1.29 is 9.90 Å². The molecule has 1 saturated heterocycles. The number of carbonyl (C=O) groups is 1. The fraction of sp³-hybridized carbons (Fsp3) is 0.636. The molecule has 1 atom stereocenters. The molecule has 0 aliphatic carbocycles. The van der Waals surface area contributed by atoms with Crippen LogP contribution in [0.15, 0.2) is 12.5 Å². The lowest BCUT2D eigenvalue weighted by Crippen LogP contribution is -2.20. The van der Waals surface area contributed by atoms with Crippen LogP contribution in [0, 0.1) is 0 Å². The number of hydrogen-bond donors (Lipinski definition) is 1. The molecule has 0 spiro atoms. The van der Waals surface area contributed by atoms with Crippen LogP contribution in [0.25, 0.3) is 0 Å². The summed E-state index contributed by atoms with van der Waals surface area (Å²) in [6, 6.07) is 0.276. The highest BCUT2D eigenvalue weighted by Gasteiger charge is 2.20. The lowest BCUT2D eigenvalue weighted by molar-refractivity contribution is 0.0682. The minimum atomic E-state index is -0.893. The van der Waals surface area contributed by atoms with E-state index in [1.165, 1.54) is 6.20 Å². The highest BCUT2D eigenvalue weighted by molar-refractivity contribution is 5.85. The van der Waals surface area contributed by atoms with Crippen LogP contribution < -0.4 is 0 Å². The minimum Gasteiger partial charge on any atom is -0.477 e. The van der Waals surface area contributed by atoms with Crippen molar-refractivity contribution in [2.24, 2.45) is 0 Å². The van der Waals surface area contributed by atoms with E-state index in [1.807, 2.05) is 4.57 Å². The van der Waals surface area contributed by atoms with E-state index in [1.54, 1.807) is 6.33 Å². The molecule has 1 aromatic rings. The number of carboxylic acid groups (broad SMARTS) is 1. The van der Waals surface area contributed by atoms with E-state index in [0.29, 0.717) is 5.69 Å². The Morgan fingerprint density at radius 2 is 2.31 bits per heavy atom. The molecule has 5 nitrogen and oxygen atoms in total. The van der Waals surface area contributed by atoms with E-state index in [-0.39, 0.29) is 6.04 Å². The summed E-state index contributed by atoms with van der Waals surface area (Å²) in [5.74, 6) is -0.893. The monoisotopic (exact) mass is 223 g/mol. The molecule has 1 N–H and O–H groups in total. The SMILES string of the molecule is CN1CCCC(n2cncc2C(=O)O)CC1. The summed E-state index contributed by atoms with van der Waals surface area (Å²) in [5, 5.41) is 9.04. The van der Waals surface area contributed by atoms with E-state index in [0.717, 1.165) is 32.4 Å². The number of nitrogens with zero attached hydrogens (tertiary/aromatic N) is 3. The standard InChI is InChI=1S/C11H17N3O2/c1-13-5-2-3-9(4-6-13)14-8-12-7-10(14)11(15)16/h7-9H,2-6H2,1H3,(H,15,16). The smallest absolute Gasteiger partial charge is 0.354 e. The lowest BCUT2D eigenvalue weighted by atomic mass is 10.1. The molecule has 2 heterocycles. The molecule has 5 heteroatoms. The Morgan fingerprint density at radius 3 is 3.06 bits per heavy atom. The average Bonchev–Trinajstić information content (AvgIpc) is 2.63. The molecule has 0 radical (unpaired) electrons. The highest BCUT2D eigenvalue weighted by Crippen LogP contribution is 2.23. The Labute approximate surface area is 94.7 Å². The van der Waals surface area contributed by atoms with Gasteiger partial charge in [0.15, 0.2) is 0 Å². The first-order valence-electron chi connectivity index (χ1n) is 5.62. The first-order chi connectivity index (χ1) is 7.68. The topological polar surface area (TPSA) is 58.4 Å². The summed E-state index contributed by atoms with van der Waals surface area (Å²) in [6.07, 6.45) is 6.20. The Bertz CT molecular complexity index is 375. The zero-order valence-corrected chi connectivity index (χ0v) is 9.46. The fourth-order valence-electron chi connectivity index (χ4n) is 2.26. The molecule has 16 heavy (non-hydrogen) atoms. The predicted octanol–water partition coefficient (Wildman–Crippen LogP) is 1.24. The molecule has 1 fully saturated rings. The third-order valence-corrected chi connectivity index (χ3v) is 3.20. The quantitative estimate of drug-likeness (QED) is 0.819. The summed E-state index contributed by atoms with van der Waals surface area (Å²) in [6.45, 7) is 2.11. The zero-order valence-electron chi connectivity index (χ0n) is 9.46. The van der Waals surface area contributed by atoms with Gasteiger partial charge >= 0.3 is 5.97 Å². The first kappa shape index (κ1) is 11.1. The van der Waals surface area contributed by atoms with Gasteiger partial charge in [-0.15, -0.1) is 0 Å². The third-order valence-electron chi connectivity index (χ3n) is 3.20. The van der Waals surface area contributed by atoms with Gasteiger partial charge in [-0.05, 0) is 39.4 Å². The van der Waals surface area contributed by atoms with E-state index in [4.69, 9.17) is 5.11 Å². The van der Waals surface area contributed by atoms with Gasteiger partial charge in [-0.3, -0.25) is 0 Å². The van der Waals surface area contributed by atoms with Gasteiger partial charge in [0.25, 0.3) is 0 Å². The van der Waals surface area contributed by atoms with Gasteiger partial charge in [-0.1, -0.05) is 0 Å². The molecule has 1 aliphatic heterocycles. The number of hydrogen-bond acceptors (Lipinski definition) is 3. The summed E-state index contributed by atoms with van der Waals surface area (Å²) < 4.78 is 1.81. The third kappa shape index (κ3) is 2.24. The zero-order chi connectivity index (χ0) is 11.5. The van der Waals surface area contributed by atoms with E-state index >= 15 is 0 Å². The molecular weight excluding hydrogens is 206 g/mol. The van der Waals surface area contributed by atoms with Crippen molar-refractivity contribution in [3.8, 4) is 0 Å². The van der Waals surface area contributed by atoms with Crippen LogP contribution in [0.2, 0.25) is 0 Å². The second-order valence-electron chi connectivity index (χ2n) is 4.38. The first-order valence-corrected chi connectivity index (χ1v) is 5.62. The van der Waals surface area contributed by atoms with Crippen LogP contribution in [0.1, 0.15) is 35.8 Å². The maximum Gasteiger partial charge on any atom is 0.354 e. The molecule has 0 bridgehead atoms. The summed E-state index contributed by atoms with van der Waals surface area (Å²) in [7, 11) is 2.11. The number of aromatic nitrogens is 2. The molecule has 88 valence electrons. The van der Waals surface area contributed by atoms with Gasteiger partial charge < -0.3 is 14.6 Å². The van der Waals surface area contributed by atoms with Gasteiger partial charge in [0.2, 0.25) is 0 Å². The summed E-state index contributed by atoms with van der Waals surface area (Å²) in [5.41, 5.74) is 0.301. The van der Waals surface area contributed by atoms with Crippen molar-refractivity contribution in [1.82, 2.24) is 14.5 Å². The molecular formula is C11H17N3O2. The van der Waals surface area contributed by atoms with Crippen molar-refractivity contribution in [3.05, 3.63) is 18.2 Å². The van der Waals surface area contributed by atoms with Crippen LogP contribution in [0.3, 0.4) is 0 Å². The highest BCUT2D eigenvalue weighted by atomic mass is 16.4. The Morgan fingerprint density at radius 1 is 1.50 bits per heavy atom. The largest absolute Gasteiger partial charge is 0.477 e. The van der Waals surface area contributed by atoms with Crippen molar-refractivity contribution in [2.75, 3.05) is 20.1 Å². The molecule has 1 aromatic heterocycles. The number of rotatable bonds is 2. The van der Waals surface area contributed by atoms with E-state index in [9.17, 15) is 4.79 Å². The molecule has 1 aliphatic rings. The maximum atomic E-state index is 11.0. The van der Waals surface area contributed by atoms with Gasteiger partial charge in [0.05, 0.1) is 12.5 Å². The van der Waals surface area contributed by atoms with Crippen LogP contribution in [0.5, 0.6) is 0 Å². The maximum absolute atomic E-state index is 11.0. The van der Waals surface area contributed by atoms with Crippen molar-refractivity contribution in [2.45, 2.75) is 25.3 Å². The number of imidazole rings is 1. The van der Waals surface area contributed by atoms with E-state index < -0.39 is 5.97 Å². The Balaban J connectivity index is 2.16. The second-order valence-corrected chi connectivity index (χ2v) is 4.38. The predicted molar refractivity (Wildman–Crippen MR) is 59.6 cm³/mol. The molecule has 1 unspecified atom stereocenters. The Hall–Kier alpha value is -1.36. The molecule has 0 aromatic carbocycles. The van der Waals surface area contributed by atoms with Gasteiger partial charge in [-0.2, -0.15) is 0 Å².